The van der Waals surface area contributed by atoms with Gasteiger partial charge in [-0.15, -0.1) is 0 Å². The van der Waals surface area contributed by atoms with Crippen LogP contribution in [0.25, 0.3) is 0 Å². The summed E-state index contributed by atoms with van der Waals surface area (Å²) in [5.74, 6) is 1.55. The Hall–Kier alpha value is -1.09. The Balaban J connectivity index is 1.78. The molecule has 0 saturated heterocycles. The molecule has 0 unspecified atom stereocenters. The molecule has 2 aliphatic rings. The molecule has 0 amide bonds. The van der Waals surface area contributed by atoms with Gasteiger partial charge >= 0.3 is 0 Å². The second kappa shape index (κ2) is 5.27. The van der Waals surface area contributed by atoms with E-state index in [1.165, 1.54) is 32.1 Å². The number of anilines is 1. The second-order valence-corrected chi connectivity index (χ2v) is 5.36. The Morgan fingerprint density at radius 1 is 1.00 bits per heavy atom. The first kappa shape index (κ1) is 12.0. The summed E-state index contributed by atoms with van der Waals surface area (Å²) in [5.41, 5.74) is 0.966. The standard InChI is InChI=1S/C14H18ClNO2/c15-11-8-13-14(18-7-6-17-13)9-12(11)16-10-4-2-1-3-5-10/h8-10,16H,1-7H2. The highest BCUT2D eigenvalue weighted by molar-refractivity contribution is 6.33. The predicted octanol–water partition coefficient (Wildman–Crippen LogP) is 3.86. The molecule has 1 aliphatic heterocycles. The molecule has 18 heavy (non-hydrogen) atoms. The number of benzene rings is 1. The zero-order chi connectivity index (χ0) is 12.4. The molecular weight excluding hydrogens is 250 g/mol. The Kier molecular flexibility index (Phi) is 3.50. The van der Waals surface area contributed by atoms with Gasteiger partial charge in [-0.1, -0.05) is 30.9 Å². The quantitative estimate of drug-likeness (QED) is 0.883. The molecule has 0 bridgehead atoms. The van der Waals surface area contributed by atoms with E-state index in [1.807, 2.05) is 12.1 Å². The number of nitrogens with one attached hydrogen (secondary N) is 1. The SMILES string of the molecule is Clc1cc2c(cc1NC1CCCCC1)OCCO2. The highest BCUT2D eigenvalue weighted by Gasteiger charge is 2.18. The monoisotopic (exact) mass is 267 g/mol. The number of ether oxygens (including phenoxy) is 2. The normalized spacial score (nSPS) is 19.6. The largest absolute Gasteiger partial charge is 0.486 e. The highest BCUT2D eigenvalue weighted by atomic mass is 35.5. The van der Waals surface area contributed by atoms with Gasteiger partial charge in [-0.3, -0.25) is 0 Å². The van der Waals surface area contributed by atoms with Gasteiger partial charge in [-0.05, 0) is 12.8 Å². The van der Waals surface area contributed by atoms with Crippen molar-refractivity contribution in [1.29, 1.82) is 0 Å². The van der Waals surface area contributed by atoms with Crippen LogP contribution in [0, 0.1) is 0 Å². The van der Waals surface area contributed by atoms with E-state index < -0.39 is 0 Å². The third-order valence-electron chi connectivity index (χ3n) is 3.60. The minimum Gasteiger partial charge on any atom is -0.486 e. The second-order valence-electron chi connectivity index (χ2n) is 4.95. The zero-order valence-corrected chi connectivity index (χ0v) is 11.1. The van der Waals surface area contributed by atoms with Crippen molar-refractivity contribution in [1.82, 2.24) is 0 Å². The maximum atomic E-state index is 6.28. The van der Waals surface area contributed by atoms with Crippen molar-refractivity contribution in [2.75, 3.05) is 18.5 Å². The van der Waals surface area contributed by atoms with Gasteiger partial charge in [0.2, 0.25) is 0 Å². The summed E-state index contributed by atoms with van der Waals surface area (Å²) in [7, 11) is 0. The Morgan fingerprint density at radius 2 is 1.67 bits per heavy atom. The summed E-state index contributed by atoms with van der Waals surface area (Å²) in [4.78, 5) is 0. The highest BCUT2D eigenvalue weighted by Crippen LogP contribution is 2.38. The van der Waals surface area contributed by atoms with Crippen LogP contribution in [-0.4, -0.2) is 19.3 Å². The van der Waals surface area contributed by atoms with Crippen LogP contribution in [0.3, 0.4) is 0 Å². The molecule has 0 atom stereocenters. The molecular formula is C14H18ClNO2. The van der Waals surface area contributed by atoms with Gasteiger partial charge < -0.3 is 14.8 Å². The van der Waals surface area contributed by atoms with Gasteiger partial charge in [0.1, 0.15) is 13.2 Å². The van der Waals surface area contributed by atoms with Crippen molar-refractivity contribution in [3.63, 3.8) is 0 Å². The molecule has 0 spiro atoms. The summed E-state index contributed by atoms with van der Waals surface area (Å²) >= 11 is 6.28. The average Bonchev–Trinajstić information content (AvgIpc) is 2.41. The van der Waals surface area contributed by atoms with E-state index in [0.29, 0.717) is 24.3 Å². The van der Waals surface area contributed by atoms with Crippen LogP contribution in [-0.2, 0) is 0 Å². The van der Waals surface area contributed by atoms with Crippen LogP contribution in [0.1, 0.15) is 32.1 Å². The third kappa shape index (κ3) is 2.51. The number of hydrogen-bond donors (Lipinski definition) is 1. The van der Waals surface area contributed by atoms with Crippen molar-refractivity contribution in [2.24, 2.45) is 0 Å². The lowest BCUT2D eigenvalue weighted by Crippen LogP contribution is -2.22. The molecule has 1 N–H and O–H groups in total. The minimum atomic E-state index is 0.541. The van der Waals surface area contributed by atoms with Gasteiger partial charge in [-0.2, -0.15) is 0 Å². The minimum absolute atomic E-state index is 0.541. The number of rotatable bonds is 2. The van der Waals surface area contributed by atoms with E-state index in [1.54, 1.807) is 0 Å². The molecule has 4 heteroatoms. The van der Waals surface area contributed by atoms with E-state index in [-0.39, 0.29) is 0 Å². The van der Waals surface area contributed by atoms with Gasteiger partial charge in [0.25, 0.3) is 0 Å². The molecule has 1 aliphatic carbocycles. The summed E-state index contributed by atoms with van der Waals surface area (Å²) < 4.78 is 11.1. The fraction of sp³-hybridized carbons (Fsp3) is 0.571. The molecule has 1 saturated carbocycles. The van der Waals surface area contributed by atoms with E-state index in [2.05, 4.69) is 5.32 Å². The molecule has 0 radical (unpaired) electrons. The van der Waals surface area contributed by atoms with E-state index in [9.17, 15) is 0 Å². The fourth-order valence-electron chi connectivity index (χ4n) is 2.64. The number of hydrogen-bond acceptors (Lipinski definition) is 3. The Morgan fingerprint density at radius 3 is 2.39 bits per heavy atom. The molecule has 3 rings (SSSR count). The molecule has 0 aromatic heterocycles. The first-order valence-corrected chi connectivity index (χ1v) is 7.06. The molecule has 1 aromatic rings. The van der Waals surface area contributed by atoms with E-state index in [0.717, 1.165) is 17.2 Å². The van der Waals surface area contributed by atoms with Crippen molar-refractivity contribution < 1.29 is 9.47 Å². The zero-order valence-electron chi connectivity index (χ0n) is 10.4. The van der Waals surface area contributed by atoms with Gasteiger partial charge in [-0.25, -0.2) is 0 Å². The smallest absolute Gasteiger partial charge is 0.163 e. The van der Waals surface area contributed by atoms with Gasteiger partial charge in [0.15, 0.2) is 11.5 Å². The van der Waals surface area contributed by atoms with Crippen LogP contribution in [0.5, 0.6) is 11.5 Å². The first-order valence-electron chi connectivity index (χ1n) is 6.68. The lowest BCUT2D eigenvalue weighted by molar-refractivity contribution is 0.171. The Bertz CT molecular complexity index is 430. The van der Waals surface area contributed by atoms with E-state index in [4.69, 9.17) is 21.1 Å². The summed E-state index contributed by atoms with van der Waals surface area (Å²) in [5, 5.41) is 4.24. The lowest BCUT2D eigenvalue weighted by atomic mass is 9.95. The maximum Gasteiger partial charge on any atom is 0.163 e. The van der Waals surface area contributed by atoms with Crippen LogP contribution < -0.4 is 14.8 Å². The van der Waals surface area contributed by atoms with Crippen LogP contribution in [0.15, 0.2) is 12.1 Å². The molecule has 3 nitrogen and oxygen atoms in total. The topological polar surface area (TPSA) is 30.5 Å². The number of halogens is 1. The van der Waals surface area contributed by atoms with Crippen molar-refractivity contribution in [3.8, 4) is 11.5 Å². The lowest BCUT2D eigenvalue weighted by Gasteiger charge is -2.26. The molecule has 1 fully saturated rings. The van der Waals surface area contributed by atoms with Crippen molar-refractivity contribution in [2.45, 2.75) is 38.1 Å². The maximum absolute atomic E-state index is 6.28. The molecule has 1 heterocycles. The van der Waals surface area contributed by atoms with Crippen LogP contribution >= 0.6 is 11.6 Å². The number of fused-ring (bicyclic) bond motifs is 1. The van der Waals surface area contributed by atoms with Crippen molar-refractivity contribution >= 4 is 17.3 Å². The molecule has 1 aromatic carbocycles. The average molecular weight is 268 g/mol. The van der Waals surface area contributed by atoms with Crippen LogP contribution in [0.4, 0.5) is 5.69 Å². The fourth-order valence-corrected chi connectivity index (χ4v) is 2.85. The van der Waals surface area contributed by atoms with Crippen LogP contribution in [0.2, 0.25) is 5.02 Å². The summed E-state index contributed by atoms with van der Waals surface area (Å²) in [6, 6.07) is 4.35. The van der Waals surface area contributed by atoms with Gasteiger partial charge in [0, 0.05) is 18.2 Å². The Labute approximate surface area is 112 Å². The summed E-state index contributed by atoms with van der Waals surface area (Å²) in [6.45, 7) is 1.20. The third-order valence-corrected chi connectivity index (χ3v) is 3.91. The van der Waals surface area contributed by atoms with Crippen molar-refractivity contribution in [3.05, 3.63) is 17.2 Å². The predicted molar refractivity (Wildman–Crippen MR) is 72.9 cm³/mol. The first-order chi connectivity index (χ1) is 8.83. The summed E-state index contributed by atoms with van der Waals surface area (Å²) in [6.07, 6.45) is 6.42. The van der Waals surface area contributed by atoms with E-state index >= 15 is 0 Å². The molecule has 98 valence electrons. The van der Waals surface area contributed by atoms with Gasteiger partial charge in [0.05, 0.1) is 10.7 Å².